The minimum absolute atomic E-state index is 0.0176. The number of nitrogens with zero attached hydrogens (tertiary/aromatic N) is 1. The number of ether oxygens (including phenoxy) is 1. The zero-order valence-corrected chi connectivity index (χ0v) is 12.3. The maximum atomic E-state index is 12.6. The molecule has 0 fully saturated rings. The molecule has 0 spiro atoms. The first-order valence-electron chi connectivity index (χ1n) is 6.56. The van der Waals surface area contributed by atoms with Crippen molar-refractivity contribution in [3.63, 3.8) is 0 Å². The van der Waals surface area contributed by atoms with E-state index in [-0.39, 0.29) is 11.2 Å². The molecule has 1 aromatic heterocycles. The van der Waals surface area contributed by atoms with Crippen LogP contribution in [0.3, 0.4) is 0 Å². The van der Waals surface area contributed by atoms with Crippen LogP contribution in [0.15, 0.2) is 42.7 Å². The van der Waals surface area contributed by atoms with Gasteiger partial charge in [-0.3, -0.25) is 9.78 Å². The van der Waals surface area contributed by atoms with Crippen LogP contribution in [0.5, 0.6) is 5.75 Å². The third-order valence-electron chi connectivity index (χ3n) is 3.23. The van der Waals surface area contributed by atoms with E-state index < -0.39 is 0 Å². The molecule has 0 N–H and O–H groups in total. The molecule has 0 saturated carbocycles. The number of benzene rings is 1. The molecule has 0 unspecified atom stereocenters. The largest absolute Gasteiger partial charge is 0.496 e. The van der Waals surface area contributed by atoms with Gasteiger partial charge in [-0.2, -0.15) is 0 Å². The van der Waals surface area contributed by atoms with Crippen molar-refractivity contribution in [3.05, 3.63) is 59.4 Å². The van der Waals surface area contributed by atoms with Crippen LogP contribution in [0.25, 0.3) is 0 Å². The molecule has 104 valence electrons. The van der Waals surface area contributed by atoms with E-state index in [1.807, 2.05) is 18.2 Å². The average molecular weight is 269 g/mol. The molecule has 2 aromatic rings. The van der Waals surface area contributed by atoms with Gasteiger partial charge in [0.15, 0.2) is 5.78 Å². The van der Waals surface area contributed by atoms with Crippen LogP contribution < -0.4 is 4.74 Å². The van der Waals surface area contributed by atoms with Gasteiger partial charge >= 0.3 is 0 Å². The van der Waals surface area contributed by atoms with Gasteiger partial charge in [-0.1, -0.05) is 26.8 Å². The summed E-state index contributed by atoms with van der Waals surface area (Å²) >= 11 is 0. The van der Waals surface area contributed by atoms with Crippen molar-refractivity contribution in [2.75, 3.05) is 7.11 Å². The van der Waals surface area contributed by atoms with Gasteiger partial charge in [-0.15, -0.1) is 0 Å². The van der Waals surface area contributed by atoms with Gasteiger partial charge in [0.1, 0.15) is 5.75 Å². The predicted octanol–water partition coefficient (Wildman–Crippen LogP) is 3.62. The summed E-state index contributed by atoms with van der Waals surface area (Å²) in [4.78, 5) is 16.6. The summed E-state index contributed by atoms with van der Waals surface area (Å²) in [5.41, 5.74) is 2.23. The number of carbonyl (C=O) groups excluding carboxylic acids is 1. The first kappa shape index (κ1) is 14.3. The molecule has 3 nitrogen and oxygen atoms in total. The van der Waals surface area contributed by atoms with E-state index >= 15 is 0 Å². The Labute approximate surface area is 119 Å². The van der Waals surface area contributed by atoms with Crippen LogP contribution in [-0.4, -0.2) is 17.9 Å². The Balaban J connectivity index is 2.52. The summed E-state index contributed by atoms with van der Waals surface area (Å²) in [5.74, 6) is 0.521. The SMILES string of the molecule is COc1ccc(C(C)(C)C)cc1C(=O)c1cccnc1. The molecule has 1 aromatic carbocycles. The fourth-order valence-electron chi connectivity index (χ4n) is 2.00. The molecule has 0 aliphatic heterocycles. The molecule has 20 heavy (non-hydrogen) atoms. The highest BCUT2D eigenvalue weighted by Gasteiger charge is 2.20. The van der Waals surface area contributed by atoms with Gasteiger partial charge in [-0.05, 0) is 35.2 Å². The summed E-state index contributed by atoms with van der Waals surface area (Å²) < 4.78 is 5.31. The molecule has 0 amide bonds. The Hall–Kier alpha value is -2.16. The second-order valence-electron chi connectivity index (χ2n) is 5.74. The summed E-state index contributed by atoms with van der Waals surface area (Å²) in [5, 5.41) is 0. The van der Waals surface area contributed by atoms with Crippen LogP contribution >= 0.6 is 0 Å². The van der Waals surface area contributed by atoms with E-state index in [0.717, 1.165) is 5.56 Å². The third kappa shape index (κ3) is 2.87. The Morgan fingerprint density at radius 2 is 1.95 bits per heavy atom. The van der Waals surface area contributed by atoms with E-state index in [4.69, 9.17) is 4.74 Å². The van der Waals surface area contributed by atoms with Gasteiger partial charge in [0.05, 0.1) is 12.7 Å². The second-order valence-corrected chi connectivity index (χ2v) is 5.74. The summed E-state index contributed by atoms with van der Waals surface area (Å²) in [6.45, 7) is 6.35. The lowest BCUT2D eigenvalue weighted by atomic mass is 9.85. The Morgan fingerprint density at radius 1 is 1.20 bits per heavy atom. The third-order valence-corrected chi connectivity index (χ3v) is 3.23. The Morgan fingerprint density at radius 3 is 2.50 bits per heavy atom. The molecule has 0 radical (unpaired) electrons. The fourth-order valence-corrected chi connectivity index (χ4v) is 2.00. The van der Waals surface area contributed by atoms with E-state index in [1.165, 1.54) is 0 Å². The van der Waals surface area contributed by atoms with Crippen molar-refractivity contribution in [1.29, 1.82) is 0 Å². The van der Waals surface area contributed by atoms with Crippen molar-refractivity contribution in [3.8, 4) is 5.75 Å². The Kier molecular flexibility index (Phi) is 3.89. The number of hydrogen-bond acceptors (Lipinski definition) is 3. The molecular weight excluding hydrogens is 250 g/mol. The van der Waals surface area contributed by atoms with Crippen molar-refractivity contribution >= 4 is 5.78 Å². The summed E-state index contributed by atoms with van der Waals surface area (Å²) in [6.07, 6.45) is 3.23. The number of carbonyl (C=O) groups is 1. The Bertz CT molecular complexity index is 613. The van der Waals surface area contributed by atoms with Gasteiger partial charge in [0.2, 0.25) is 0 Å². The molecule has 3 heteroatoms. The topological polar surface area (TPSA) is 39.2 Å². The number of rotatable bonds is 3. The van der Waals surface area contributed by atoms with E-state index in [0.29, 0.717) is 16.9 Å². The lowest BCUT2D eigenvalue weighted by molar-refractivity contribution is 0.103. The number of methoxy groups -OCH3 is 1. The molecule has 0 saturated heterocycles. The number of hydrogen-bond donors (Lipinski definition) is 0. The molecule has 0 atom stereocenters. The minimum Gasteiger partial charge on any atom is -0.496 e. The van der Waals surface area contributed by atoms with Gasteiger partial charge < -0.3 is 4.74 Å². The normalized spacial score (nSPS) is 11.2. The zero-order chi connectivity index (χ0) is 14.8. The molecule has 0 aliphatic carbocycles. The maximum Gasteiger partial charge on any atom is 0.198 e. The fraction of sp³-hybridized carbons (Fsp3) is 0.294. The van der Waals surface area contributed by atoms with Crippen LogP contribution in [0.4, 0.5) is 0 Å². The monoisotopic (exact) mass is 269 g/mol. The lowest BCUT2D eigenvalue weighted by Crippen LogP contribution is -2.13. The second kappa shape index (κ2) is 5.45. The average Bonchev–Trinajstić information content (AvgIpc) is 2.45. The minimum atomic E-state index is -0.0685. The van der Waals surface area contributed by atoms with Crippen LogP contribution in [0.2, 0.25) is 0 Å². The zero-order valence-electron chi connectivity index (χ0n) is 12.3. The molecule has 2 rings (SSSR count). The van der Waals surface area contributed by atoms with Crippen LogP contribution in [0, 0.1) is 0 Å². The van der Waals surface area contributed by atoms with Gasteiger partial charge in [0, 0.05) is 18.0 Å². The summed E-state index contributed by atoms with van der Waals surface area (Å²) in [7, 11) is 1.58. The van der Waals surface area contributed by atoms with Crippen LogP contribution in [-0.2, 0) is 5.41 Å². The quantitative estimate of drug-likeness (QED) is 0.799. The molecule has 0 aliphatic rings. The highest BCUT2D eigenvalue weighted by Crippen LogP contribution is 2.29. The van der Waals surface area contributed by atoms with Crippen molar-refractivity contribution in [2.24, 2.45) is 0 Å². The lowest BCUT2D eigenvalue weighted by Gasteiger charge is -2.20. The number of pyridine rings is 1. The van der Waals surface area contributed by atoms with E-state index in [9.17, 15) is 4.79 Å². The van der Waals surface area contributed by atoms with E-state index in [2.05, 4.69) is 25.8 Å². The first-order valence-corrected chi connectivity index (χ1v) is 6.56. The van der Waals surface area contributed by atoms with Crippen molar-refractivity contribution in [2.45, 2.75) is 26.2 Å². The maximum absolute atomic E-state index is 12.6. The molecule has 1 heterocycles. The van der Waals surface area contributed by atoms with Gasteiger partial charge in [-0.25, -0.2) is 0 Å². The van der Waals surface area contributed by atoms with Crippen LogP contribution in [0.1, 0.15) is 42.3 Å². The summed E-state index contributed by atoms with van der Waals surface area (Å²) in [6, 6.07) is 9.28. The number of aromatic nitrogens is 1. The van der Waals surface area contributed by atoms with Crippen molar-refractivity contribution in [1.82, 2.24) is 4.98 Å². The standard InChI is InChI=1S/C17H19NO2/c1-17(2,3)13-7-8-15(20-4)14(10-13)16(19)12-6-5-9-18-11-12/h5-11H,1-4H3. The van der Waals surface area contributed by atoms with E-state index in [1.54, 1.807) is 31.6 Å². The van der Waals surface area contributed by atoms with Crippen molar-refractivity contribution < 1.29 is 9.53 Å². The first-order chi connectivity index (χ1) is 9.43. The van der Waals surface area contributed by atoms with Gasteiger partial charge in [0.25, 0.3) is 0 Å². The molecule has 0 bridgehead atoms. The predicted molar refractivity (Wildman–Crippen MR) is 79.4 cm³/mol. The highest BCUT2D eigenvalue weighted by molar-refractivity contribution is 6.10. The number of ketones is 1. The molecular formula is C17H19NO2. The smallest absolute Gasteiger partial charge is 0.198 e. The highest BCUT2D eigenvalue weighted by atomic mass is 16.5.